The van der Waals surface area contributed by atoms with Gasteiger partial charge in [0.05, 0.1) is 6.10 Å². The van der Waals surface area contributed by atoms with Crippen LogP contribution in [0.25, 0.3) is 0 Å². The lowest BCUT2D eigenvalue weighted by Gasteiger charge is -2.22. The number of aliphatic hydroxyl groups excluding tert-OH is 1. The van der Waals surface area contributed by atoms with Crippen molar-refractivity contribution >= 4 is 27.5 Å². The minimum absolute atomic E-state index is 0.0334. The zero-order valence-corrected chi connectivity index (χ0v) is 15.4. The molecule has 0 radical (unpaired) electrons. The van der Waals surface area contributed by atoms with Gasteiger partial charge in [0.2, 0.25) is 0 Å². The summed E-state index contributed by atoms with van der Waals surface area (Å²) in [5.74, 6) is -0.189. The number of hydrogen-bond donors (Lipinski definition) is 2. The molecule has 0 fully saturated rings. The van der Waals surface area contributed by atoms with Crippen molar-refractivity contribution in [3.05, 3.63) is 63.6 Å². The number of carbonyl (C=O) groups is 1. The summed E-state index contributed by atoms with van der Waals surface area (Å²) >= 11 is 3.36. The molecule has 2 rings (SSSR count). The van der Waals surface area contributed by atoms with Crippen LogP contribution in [0.2, 0.25) is 0 Å². The second kappa shape index (κ2) is 6.85. The lowest BCUT2D eigenvalue weighted by molar-refractivity contribution is 0.102. The predicted octanol–water partition coefficient (Wildman–Crippen LogP) is 5.05. The summed E-state index contributed by atoms with van der Waals surface area (Å²) in [6.45, 7) is 8.04. The summed E-state index contributed by atoms with van der Waals surface area (Å²) in [6, 6.07) is 13.0. The van der Waals surface area contributed by atoms with Crippen molar-refractivity contribution in [2.24, 2.45) is 0 Å². The van der Waals surface area contributed by atoms with E-state index >= 15 is 0 Å². The van der Waals surface area contributed by atoms with E-state index < -0.39 is 6.10 Å². The van der Waals surface area contributed by atoms with Crippen molar-refractivity contribution < 1.29 is 9.90 Å². The fourth-order valence-electron chi connectivity index (χ4n) is 2.29. The molecule has 1 amide bonds. The van der Waals surface area contributed by atoms with E-state index in [1.54, 1.807) is 19.1 Å². The van der Waals surface area contributed by atoms with Gasteiger partial charge in [-0.25, -0.2) is 0 Å². The molecule has 2 N–H and O–H groups in total. The highest BCUT2D eigenvalue weighted by Crippen LogP contribution is 2.30. The van der Waals surface area contributed by atoms with Crippen molar-refractivity contribution in [2.45, 2.75) is 39.2 Å². The number of hydrogen-bond acceptors (Lipinski definition) is 2. The van der Waals surface area contributed by atoms with Gasteiger partial charge in [0.1, 0.15) is 0 Å². The second-order valence-electron chi connectivity index (χ2n) is 6.69. The summed E-state index contributed by atoms with van der Waals surface area (Å²) < 4.78 is 0.924. The van der Waals surface area contributed by atoms with Gasteiger partial charge in [0, 0.05) is 21.3 Å². The number of amides is 1. The Balaban J connectivity index is 2.36. The van der Waals surface area contributed by atoms with Crippen molar-refractivity contribution in [3.8, 4) is 0 Å². The average molecular weight is 376 g/mol. The van der Waals surface area contributed by atoms with E-state index in [1.807, 2.05) is 30.3 Å². The maximum Gasteiger partial charge on any atom is 0.255 e. The van der Waals surface area contributed by atoms with Crippen LogP contribution < -0.4 is 5.32 Å². The van der Waals surface area contributed by atoms with Crippen LogP contribution in [0, 0.1) is 0 Å². The fraction of sp³-hybridized carbons (Fsp3) is 0.316. The van der Waals surface area contributed by atoms with E-state index in [1.165, 1.54) is 0 Å². The molecule has 2 aromatic carbocycles. The maximum atomic E-state index is 12.5. The molecule has 0 aliphatic carbocycles. The Bertz CT molecular complexity index is 700. The molecule has 0 saturated heterocycles. The Labute approximate surface area is 145 Å². The Morgan fingerprint density at radius 2 is 1.74 bits per heavy atom. The van der Waals surface area contributed by atoms with Gasteiger partial charge >= 0.3 is 0 Å². The molecule has 0 aliphatic rings. The third-order valence-electron chi connectivity index (χ3n) is 3.72. The second-order valence-corrected chi connectivity index (χ2v) is 7.60. The molecule has 4 heteroatoms. The smallest absolute Gasteiger partial charge is 0.255 e. The summed E-state index contributed by atoms with van der Waals surface area (Å²) in [5.41, 5.74) is 3.01. The Morgan fingerprint density at radius 3 is 2.26 bits per heavy atom. The number of benzene rings is 2. The molecule has 2 aromatic rings. The zero-order chi connectivity index (χ0) is 17.2. The first-order chi connectivity index (χ1) is 10.7. The molecule has 0 aliphatic heterocycles. The van der Waals surface area contributed by atoms with Gasteiger partial charge in [0.25, 0.3) is 5.91 Å². The first-order valence-electron chi connectivity index (χ1n) is 7.58. The Kier molecular flexibility index (Phi) is 5.27. The summed E-state index contributed by atoms with van der Waals surface area (Å²) in [4.78, 5) is 12.5. The standard InChI is InChI=1S/C19H22BrNO2/c1-12(22)16-10-7-14(19(2,3)4)11-17(16)21-18(23)13-5-8-15(20)9-6-13/h5-12,22H,1-4H3,(H,21,23)/t12-/m0/s1. The highest BCUT2D eigenvalue weighted by Gasteiger charge is 2.18. The van der Waals surface area contributed by atoms with Crippen LogP contribution >= 0.6 is 15.9 Å². The normalized spacial score (nSPS) is 12.8. The first-order valence-corrected chi connectivity index (χ1v) is 8.37. The molecule has 0 unspecified atom stereocenters. The average Bonchev–Trinajstić information content (AvgIpc) is 2.46. The monoisotopic (exact) mass is 375 g/mol. The lowest BCUT2D eigenvalue weighted by Crippen LogP contribution is -2.16. The van der Waals surface area contributed by atoms with Crippen LogP contribution in [0.3, 0.4) is 0 Å². The Morgan fingerprint density at radius 1 is 1.13 bits per heavy atom. The van der Waals surface area contributed by atoms with Crippen molar-refractivity contribution in [2.75, 3.05) is 5.32 Å². The van der Waals surface area contributed by atoms with Crippen LogP contribution in [0.5, 0.6) is 0 Å². The molecular weight excluding hydrogens is 354 g/mol. The molecule has 0 bridgehead atoms. The number of nitrogens with one attached hydrogen (secondary N) is 1. The minimum Gasteiger partial charge on any atom is -0.389 e. The molecule has 122 valence electrons. The summed E-state index contributed by atoms with van der Waals surface area (Å²) in [5, 5.41) is 12.9. The molecule has 0 spiro atoms. The predicted molar refractivity (Wildman–Crippen MR) is 97.9 cm³/mol. The molecular formula is C19H22BrNO2. The van der Waals surface area contributed by atoms with E-state index in [0.717, 1.165) is 10.0 Å². The van der Waals surface area contributed by atoms with E-state index in [9.17, 15) is 9.90 Å². The zero-order valence-electron chi connectivity index (χ0n) is 13.9. The van der Waals surface area contributed by atoms with Crippen molar-refractivity contribution in [1.29, 1.82) is 0 Å². The topological polar surface area (TPSA) is 49.3 Å². The molecule has 0 saturated carbocycles. The number of rotatable bonds is 3. The molecule has 3 nitrogen and oxygen atoms in total. The van der Waals surface area contributed by atoms with Crippen molar-refractivity contribution in [1.82, 2.24) is 0 Å². The van der Waals surface area contributed by atoms with E-state index in [-0.39, 0.29) is 11.3 Å². The maximum absolute atomic E-state index is 12.5. The van der Waals surface area contributed by atoms with Gasteiger partial charge in [-0.05, 0) is 48.2 Å². The lowest BCUT2D eigenvalue weighted by atomic mass is 9.85. The van der Waals surface area contributed by atoms with Gasteiger partial charge in [-0.15, -0.1) is 0 Å². The molecule has 0 heterocycles. The summed E-state index contributed by atoms with van der Waals surface area (Å²) in [7, 11) is 0. The van der Waals surface area contributed by atoms with Gasteiger partial charge in [-0.2, -0.15) is 0 Å². The molecule has 0 aromatic heterocycles. The van der Waals surface area contributed by atoms with E-state index in [0.29, 0.717) is 16.8 Å². The van der Waals surface area contributed by atoms with Gasteiger partial charge in [-0.3, -0.25) is 4.79 Å². The van der Waals surface area contributed by atoms with Crippen LogP contribution in [0.15, 0.2) is 46.9 Å². The SMILES string of the molecule is C[C@H](O)c1ccc(C(C)(C)C)cc1NC(=O)c1ccc(Br)cc1. The van der Waals surface area contributed by atoms with E-state index in [4.69, 9.17) is 0 Å². The summed E-state index contributed by atoms with van der Waals surface area (Å²) in [6.07, 6.45) is -0.649. The number of aliphatic hydroxyl groups is 1. The largest absolute Gasteiger partial charge is 0.389 e. The number of carbonyl (C=O) groups excluding carboxylic acids is 1. The minimum atomic E-state index is -0.649. The fourth-order valence-corrected chi connectivity index (χ4v) is 2.56. The molecule has 1 atom stereocenters. The van der Waals surface area contributed by atoms with Gasteiger partial charge in [-0.1, -0.05) is 48.8 Å². The van der Waals surface area contributed by atoms with Crippen LogP contribution in [-0.4, -0.2) is 11.0 Å². The number of halogens is 1. The number of anilines is 1. The third-order valence-corrected chi connectivity index (χ3v) is 4.25. The van der Waals surface area contributed by atoms with Crippen LogP contribution in [0.1, 0.15) is 55.3 Å². The highest BCUT2D eigenvalue weighted by atomic mass is 79.9. The van der Waals surface area contributed by atoms with Crippen LogP contribution in [-0.2, 0) is 5.41 Å². The quantitative estimate of drug-likeness (QED) is 0.787. The first kappa shape index (κ1) is 17.7. The Hall–Kier alpha value is -1.65. The van der Waals surface area contributed by atoms with Gasteiger partial charge in [0.15, 0.2) is 0 Å². The van der Waals surface area contributed by atoms with Gasteiger partial charge < -0.3 is 10.4 Å². The van der Waals surface area contributed by atoms with E-state index in [2.05, 4.69) is 42.0 Å². The van der Waals surface area contributed by atoms with Crippen LogP contribution in [0.4, 0.5) is 5.69 Å². The van der Waals surface area contributed by atoms with Crippen molar-refractivity contribution in [3.63, 3.8) is 0 Å². The molecule has 23 heavy (non-hydrogen) atoms. The third kappa shape index (κ3) is 4.43. The highest BCUT2D eigenvalue weighted by molar-refractivity contribution is 9.10.